The highest BCUT2D eigenvalue weighted by molar-refractivity contribution is 6.31. The summed E-state index contributed by atoms with van der Waals surface area (Å²) in [6.07, 6.45) is 1.97. The van der Waals surface area contributed by atoms with Crippen LogP contribution < -0.4 is 10.1 Å². The number of benzene rings is 2. The first-order valence-electron chi connectivity index (χ1n) is 8.06. The molecule has 0 spiro atoms. The zero-order valence-corrected chi connectivity index (χ0v) is 14.6. The highest BCUT2D eigenvalue weighted by Crippen LogP contribution is 2.33. The van der Waals surface area contributed by atoms with Crippen molar-refractivity contribution in [1.29, 1.82) is 0 Å². The van der Waals surface area contributed by atoms with Crippen LogP contribution in [-0.4, -0.2) is 24.6 Å². The number of nitrogens with zero attached hydrogens (tertiary/aromatic N) is 1. The average Bonchev–Trinajstić information content (AvgIpc) is 3.08. The molecule has 1 saturated heterocycles. The Morgan fingerprint density at radius 2 is 2.00 bits per heavy atom. The van der Waals surface area contributed by atoms with Crippen molar-refractivity contribution < 1.29 is 9.53 Å². The van der Waals surface area contributed by atoms with E-state index in [-0.39, 0.29) is 12.1 Å². The zero-order valence-electron chi connectivity index (χ0n) is 13.9. The molecular weight excluding hydrogens is 324 g/mol. The predicted octanol–water partition coefficient (Wildman–Crippen LogP) is 5.03. The number of hydrogen-bond donors (Lipinski definition) is 1. The fourth-order valence-electron chi connectivity index (χ4n) is 3.10. The van der Waals surface area contributed by atoms with Crippen LogP contribution in [0.25, 0.3) is 0 Å². The Balaban J connectivity index is 1.76. The van der Waals surface area contributed by atoms with Crippen LogP contribution in [-0.2, 0) is 0 Å². The number of carbonyl (C=O) groups is 1. The Labute approximate surface area is 147 Å². The molecule has 2 amide bonds. The molecule has 1 aliphatic rings. The van der Waals surface area contributed by atoms with Crippen LogP contribution in [0.3, 0.4) is 0 Å². The topological polar surface area (TPSA) is 41.6 Å². The van der Waals surface area contributed by atoms with Crippen molar-refractivity contribution in [2.75, 3.05) is 19.0 Å². The molecule has 0 aliphatic carbocycles. The van der Waals surface area contributed by atoms with Crippen LogP contribution in [0, 0.1) is 6.92 Å². The number of anilines is 1. The van der Waals surface area contributed by atoms with Gasteiger partial charge in [-0.25, -0.2) is 4.79 Å². The summed E-state index contributed by atoms with van der Waals surface area (Å²) in [4.78, 5) is 14.6. The number of urea groups is 1. The van der Waals surface area contributed by atoms with Crippen molar-refractivity contribution in [2.24, 2.45) is 0 Å². The lowest BCUT2D eigenvalue weighted by Crippen LogP contribution is -2.34. The summed E-state index contributed by atoms with van der Waals surface area (Å²) in [5.41, 5.74) is 2.88. The van der Waals surface area contributed by atoms with Gasteiger partial charge in [0, 0.05) is 17.3 Å². The van der Waals surface area contributed by atoms with E-state index in [1.54, 1.807) is 13.2 Å². The molecule has 3 rings (SSSR count). The molecule has 0 saturated carbocycles. The number of hydrogen-bond acceptors (Lipinski definition) is 2. The molecule has 4 nitrogen and oxygen atoms in total. The number of amides is 2. The van der Waals surface area contributed by atoms with Crippen molar-refractivity contribution in [2.45, 2.75) is 25.8 Å². The first kappa shape index (κ1) is 16.7. The van der Waals surface area contributed by atoms with E-state index in [0.29, 0.717) is 5.02 Å². The maximum absolute atomic E-state index is 12.7. The van der Waals surface area contributed by atoms with Gasteiger partial charge in [-0.1, -0.05) is 29.8 Å². The lowest BCUT2D eigenvalue weighted by atomic mass is 10.0. The van der Waals surface area contributed by atoms with Gasteiger partial charge >= 0.3 is 6.03 Å². The number of rotatable bonds is 3. The molecule has 5 heteroatoms. The van der Waals surface area contributed by atoms with Crippen LogP contribution in [0.4, 0.5) is 10.5 Å². The second-order valence-corrected chi connectivity index (χ2v) is 6.45. The zero-order chi connectivity index (χ0) is 17.1. The highest BCUT2D eigenvalue weighted by Gasteiger charge is 2.30. The van der Waals surface area contributed by atoms with Crippen LogP contribution in [0.2, 0.25) is 5.02 Å². The minimum absolute atomic E-state index is 0.0846. The van der Waals surface area contributed by atoms with E-state index in [1.807, 2.05) is 48.2 Å². The molecule has 0 radical (unpaired) electrons. The number of aryl methyl sites for hydroxylation is 1. The second kappa shape index (κ2) is 7.14. The van der Waals surface area contributed by atoms with Gasteiger partial charge in [0.2, 0.25) is 0 Å². The van der Waals surface area contributed by atoms with Crippen molar-refractivity contribution >= 4 is 23.3 Å². The van der Waals surface area contributed by atoms with Gasteiger partial charge in [0.15, 0.2) is 0 Å². The van der Waals surface area contributed by atoms with E-state index in [0.717, 1.165) is 42.0 Å². The molecule has 24 heavy (non-hydrogen) atoms. The monoisotopic (exact) mass is 344 g/mol. The standard InChI is InChI=1S/C19H21ClN2O2/c1-13-5-8-15(20)12-17(13)21-19(23)22-11-3-4-18(22)14-6-9-16(24-2)10-7-14/h5-10,12,18H,3-4,11H2,1-2H3,(H,21,23). The summed E-state index contributed by atoms with van der Waals surface area (Å²) in [6.45, 7) is 2.71. The van der Waals surface area contributed by atoms with Gasteiger partial charge in [0.05, 0.1) is 13.2 Å². The molecule has 1 atom stereocenters. The third-order valence-electron chi connectivity index (χ3n) is 4.46. The van der Waals surface area contributed by atoms with Gasteiger partial charge in [-0.05, 0) is 55.2 Å². The number of nitrogens with one attached hydrogen (secondary N) is 1. The van der Waals surface area contributed by atoms with Crippen LogP contribution in [0.15, 0.2) is 42.5 Å². The molecule has 0 aromatic heterocycles. The molecule has 1 fully saturated rings. The fraction of sp³-hybridized carbons (Fsp3) is 0.316. The highest BCUT2D eigenvalue weighted by atomic mass is 35.5. The summed E-state index contributed by atoms with van der Waals surface area (Å²) < 4.78 is 5.20. The van der Waals surface area contributed by atoms with E-state index in [1.165, 1.54) is 0 Å². The Bertz CT molecular complexity index is 731. The van der Waals surface area contributed by atoms with Gasteiger partial charge in [0.1, 0.15) is 5.75 Å². The maximum Gasteiger partial charge on any atom is 0.322 e. The second-order valence-electron chi connectivity index (χ2n) is 6.01. The summed E-state index contributed by atoms with van der Waals surface area (Å²) in [7, 11) is 1.65. The van der Waals surface area contributed by atoms with Crippen LogP contribution in [0.5, 0.6) is 5.75 Å². The summed E-state index contributed by atoms with van der Waals surface area (Å²) in [5, 5.41) is 3.61. The molecular formula is C19H21ClN2O2. The number of ether oxygens (including phenoxy) is 1. The molecule has 126 valence electrons. The normalized spacial score (nSPS) is 17.0. The Morgan fingerprint density at radius 3 is 2.71 bits per heavy atom. The fourth-order valence-corrected chi connectivity index (χ4v) is 3.27. The quantitative estimate of drug-likeness (QED) is 0.848. The first-order valence-corrected chi connectivity index (χ1v) is 8.44. The van der Waals surface area contributed by atoms with Gasteiger partial charge in [-0.2, -0.15) is 0 Å². The third kappa shape index (κ3) is 3.49. The number of methoxy groups -OCH3 is 1. The maximum atomic E-state index is 12.7. The summed E-state index contributed by atoms with van der Waals surface area (Å²) in [6, 6.07) is 13.4. The molecule has 1 N–H and O–H groups in total. The minimum atomic E-state index is -0.0846. The Kier molecular flexibility index (Phi) is 4.95. The van der Waals surface area contributed by atoms with Crippen molar-refractivity contribution in [1.82, 2.24) is 4.90 Å². The van der Waals surface area contributed by atoms with Crippen molar-refractivity contribution in [3.63, 3.8) is 0 Å². The van der Waals surface area contributed by atoms with Crippen molar-refractivity contribution in [3.05, 3.63) is 58.6 Å². The molecule has 1 aliphatic heterocycles. The predicted molar refractivity (Wildman–Crippen MR) is 96.9 cm³/mol. The largest absolute Gasteiger partial charge is 0.497 e. The molecule has 2 aromatic carbocycles. The van der Waals surface area contributed by atoms with E-state index in [2.05, 4.69) is 5.32 Å². The molecule has 1 heterocycles. The van der Waals surface area contributed by atoms with E-state index >= 15 is 0 Å². The Morgan fingerprint density at radius 1 is 1.25 bits per heavy atom. The average molecular weight is 345 g/mol. The smallest absolute Gasteiger partial charge is 0.322 e. The third-order valence-corrected chi connectivity index (χ3v) is 4.69. The number of halogens is 1. The van der Waals surface area contributed by atoms with Crippen LogP contribution >= 0.6 is 11.6 Å². The van der Waals surface area contributed by atoms with E-state index in [9.17, 15) is 4.79 Å². The van der Waals surface area contributed by atoms with Gasteiger partial charge in [0.25, 0.3) is 0 Å². The van der Waals surface area contributed by atoms with Gasteiger partial charge < -0.3 is 15.0 Å². The van der Waals surface area contributed by atoms with Gasteiger partial charge in [-0.3, -0.25) is 0 Å². The lowest BCUT2D eigenvalue weighted by Gasteiger charge is -2.26. The van der Waals surface area contributed by atoms with Crippen LogP contribution in [0.1, 0.15) is 30.0 Å². The lowest BCUT2D eigenvalue weighted by molar-refractivity contribution is 0.207. The number of carbonyl (C=O) groups excluding carboxylic acids is 1. The van der Waals surface area contributed by atoms with E-state index in [4.69, 9.17) is 16.3 Å². The van der Waals surface area contributed by atoms with Crippen molar-refractivity contribution in [3.8, 4) is 5.75 Å². The SMILES string of the molecule is COc1ccc(C2CCCN2C(=O)Nc2cc(Cl)ccc2C)cc1. The number of likely N-dealkylation sites (tertiary alicyclic amines) is 1. The Hall–Kier alpha value is -2.20. The summed E-state index contributed by atoms with van der Waals surface area (Å²) >= 11 is 6.04. The summed E-state index contributed by atoms with van der Waals surface area (Å²) in [5.74, 6) is 0.822. The molecule has 2 aromatic rings. The molecule has 0 bridgehead atoms. The van der Waals surface area contributed by atoms with Gasteiger partial charge in [-0.15, -0.1) is 0 Å². The van der Waals surface area contributed by atoms with E-state index < -0.39 is 0 Å². The first-order chi connectivity index (χ1) is 11.6. The molecule has 1 unspecified atom stereocenters. The minimum Gasteiger partial charge on any atom is -0.497 e.